The van der Waals surface area contributed by atoms with Crippen LogP contribution in [0.15, 0.2) is 42.7 Å². The van der Waals surface area contributed by atoms with Gasteiger partial charge in [0.15, 0.2) is 5.65 Å². The summed E-state index contributed by atoms with van der Waals surface area (Å²) in [5.41, 5.74) is 3.87. The minimum atomic E-state index is -0.0653. The fourth-order valence-electron chi connectivity index (χ4n) is 4.50. The molecule has 31 heavy (non-hydrogen) atoms. The molecule has 1 fully saturated rings. The zero-order valence-electron chi connectivity index (χ0n) is 18.7. The summed E-state index contributed by atoms with van der Waals surface area (Å²) in [4.78, 5) is 22.3. The minimum Gasteiger partial charge on any atom is -0.378 e. The van der Waals surface area contributed by atoms with Gasteiger partial charge in [-0.15, -0.1) is 0 Å². The van der Waals surface area contributed by atoms with Crippen LogP contribution >= 0.6 is 0 Å². The molecule has 3 heterocycles. The number of fused-ring (bicyclic) bond motifs is 1. The third-order valence-electron chi connectivity index (χ3n) is 6.33. The molecule has 1 aliphatic rings. The van der Waals surface area contributed by atoms with Crippen LogP contribution in [-0.4, -0.2) is 39.0 Å². The highest BCUT2D eigenvalue weighted by Gasteiger charge is 2.27. The average Bonchev–Trinajstić information content (AvgIpc) is 3.23. The summed E-state index contributed by atoms with van der Waals surface area (Å²) in [7, 11) is 0. The third-order valence-corrected chi connectivity index (χ3v) is 6.33. The molecule has 0 radical (unpaired) electrons. The normalized spacial score (nSPS) is 20.0. The number of carbonyl (C=O) groups excluding carboxylic acids is 1. The van der Waals surface area contributed by atoms with E-state index in [1.807, 2.05) is 47.9 Å². The van der Waals surface area contributed by atoms with E-state index >= 15 is 0 Å². The molecule has 0 spiro atoms. The second kappa shape index (κ2) is 9.60. The fraction of sp³-hybridized carbons (Fsp3) is 0.480. The Bertz CT molecular complexity index is 1020. The van der Waals surface area contributed by atoms with Crippen LogP contribution in [0, 0.1) is 12.8 Å². The molecule has 0 aromatic carbocycles. The Labute approximate surface area is 184 Å². The van der Waals surface area contributed by atoms with E-state index in [2.05, 4.69) is 24.1 Å². The Morgan fingerprint density at radius 1 is 1.23 bits per heavy atom. The van der Waals surface area contributed by atoms with Crippen molar-refractivity contribution in [2.24, 2.45) is 5.92 Å². The predicted molar refractivity (Wildman–Crippen MR) is 122 cm³/mol. The number of amides is 1. The maximum Gasteiger partial charge on any atom is 0.255 e. The average molecular weight is 421 g/mol. The van der Waals surface area contributed by atoms with Crippen molar-refractivity contribution in [3.05, 3.63) is 54.0 Å². The highest BCUT2D eigenvalue weighted by Crippen LogP contribution is 2.29. The van der Waals surface area contributed by atoms with Crippen LogP contribution in [0.4, 0.5) is 0 Å². The Balaban J connectivity index is 1.47. The van der Waals surface area contributed by atoms with Crippen molar-refractivity contribution in [2.45, 2.75) is 65.0 Å². The summed E-state index contributed by atoms with van der Waals surface area (Å²) in [5.74, 6) is 0.419. The van der Waals surface area contributed by atoms with E-state index in [0.29, 0.717) is 23.2 Å². The first kappa shape index (κ1) is 21.5. The molecule has 0 bridgehead atoms. The van der Waals surface area contributed by atoms with Gasteiger partial charge in [0.25, 0.3) is 5.91 Å². The molecule has 3 aromatic heterocycles. The molecule has 1 unspecified atom stereocenters. The third kappa shape index (κ3) is 4.79. The van der Waals surface area contributed by atoms with Crippen LogP contribution < -0.4 is 5.32 Å². The Morgan fingerprint density at radius 2 is 2.03 bits per heavy atom. The van der Waals surface area contributed by atoms with Gasteiger partial charge in [-0.1, -0.05) is 13.0 Å². The number of hydrogen-bond acceptors (Lipinski definition) is 4. The summed E-state index contributed by atoms with van der Waals surface area (Å²) in [6.45, 7) is 7.12. The van der Waals surface area contributed by atoms with Gasteiger partial charge in [0.05, 0.1) is 23.1 Å². The lowest BCUT2D eigenvalue weighted by Crippen LogP contribution is -2.40. The van der Waals surface area contributed by atoms with Gasteiger partial charge in [-0.3, -0.25) is 9.78 Å². The topological polar surface area (TPSA) is 68.5 Å². The number of nitrogens with one attached hydrogen (secondary N) is 1. The number of ether oxygens (including phenoxy) is 1. The van der Waals surface area contributed by atoms with Gasteiger partial charge in [0.2, 0.25) is 0 Å². The van der Waals surface area contributed by atoms with Gasteiger partial charge in [-0.25, -0.2) is 4.98 Å². The largest absolute Gasteiger partial charge is 0.378 e. The number of nitrogens with zero attached hydrogens (tertiary/aromatic N) is 3. The van der Waals surface area contributed by atoms with Crippen LogP contribution in [0.5, 0.6) is 0 Å². The zero-order valence-corrected chi connectivity index (χ0v) is 18.7. The summed E-state index contributed by atoms with van der Waals surface area (Å²) in [6.07, 6.45) is 9.45. The van der Waals surface area contributed by atoms with Crippen molar-refractivity contribution in [3.8, 4) is 11.4 Å². The smallest absolute Gasteiger partial charge is 0.255 e. The maximum absolute atomic E-state index is 13.1. The lowest BCUT2D eigenvalue weighted by Gasteiger charge is -2.32. The Kier molecular flexibility index (Phi) is 6.66. The van der Waals surface area contributed by atoms with Gasteiger partial charge in [0, 0.05) is 30.7 Å². The second-order valence-electron chi connectivity index (χ2n) is 8.59. The summed E-state index contributed by atoms with van der Waals surface area (Å²) >= 11 is 0. The number of pyridine rings is 1. The van der Waals surface area contributed by atoms with E-state index in [1.54, 1.807) is 6.20 Å². The quantitative estimate of drug-likeness (QED) is 0.596. The summed E-state index contributed by atoms with van der Waals surface area (Å²) < 4.78 is 7.86. The monoisotopic (exact) mass is 420 g/mol. The van der Waals surface area contributed by atoms with Gasteiger partial charge in [-0.05, 0) is 76.1 Å². The van der Waals surface area contributed by atoms with Gasteiger partial charge >= 0.3 is 0 Å². The SMILES string of the molecule is CCCOC1CCC(C(C)NC(=O)c2ccn3c(C)cc(-c4ccccn4)nc23)CC1. The van der Waals surface area contributed by atoms with E-state index in [1.165, 1.54) is 0 Å². The van der Waals surface area contributed by atoms with Crippen molar-refractivity contribution >= 4 is 11.6 Å². The summed E-state index contributed by atoms with van der Waals surface area (Å²) in [6, 6.07) is 9.74. The van der Waals surface area contributed by atoms with E-state index in [4.69, 9.17) is 9.72 Å². The van der Waals surface area contributed by atoms with Crippen LogP contribution in [0.1, 0.15) is 62.0 Å². The van der Waals surface area contributed by atoms with Crippen LogP contribution in [0.2, 0.25) is 0 Å². The van der Waals surface area contributed by atoms with E-state index < -0.39 is 0 Å². The highest BCUT2D eigenvalue weighted by molar-refractivity contribution is 6.00. The lowest BCUT2D eigenvalue weighted by atomic mass is 9.83. The van der Waals surface area contributed by atoms with Crippen LogP contribution in [-0.2, 0) is 4.74 Å². The standard InChI is InChI=1S/C25H32N4O2/c1-4-15-31-20-10-8-19(9-11-20)18(3)27-25(30)21-12-14-29-17(2)16-23(28-24(21)29)22-7-5-6-13-26-22/h5-7,12-14,16,18-20H,4,8-11,15H2,1-3H3,(H,27,30). The number of aromatic nitrogens is 3. The molecule has 1 atom stereocenters. The molecule has 0 aliphatic heterocycles. The number of aryl methyl sites for hydroxylation is 1. The van der Waals surface area contributed by atoms with Crippen molar-refractivity contribution in [2.75, 3.05) is 6.61 Å². The number of rotatable bonds is 7. The molecule has 164 valence electrons. The van der Waals surface area contributed by atoms with Crippen molar-refractivity contribution in [1.82, 2.24) is 19.7 Å². The molecule has 1 aliphatic carbocycles. The molecule has 1 amide bonds. The molecule has 6 heteroatoms. The van der Waals surface area contributed by atoms with Crippen molar-refractivity contribution in [3.63, 3.8) is 0 Å². The first-order valence-electron chi connectivity index (χ1n) is 11.4. The molecule has 3 aromatic rings. The number of hydrogen-bond donors (Lipinski definition) is 1. The van der Waals surface area contributed by atoms with Crippen LogP contribution in [0.3, 0.4) is 0 Å². The van der Waals surface area contributed by atoms with E-state index in [-0.39, 0.29) is 11.9 Å². The molecular weight excluding hydrogens is 388 g/mol. The minimum absolute atomic E-state index is 0.0653. The van der Waals surface area contributed by atoms with Gasteiger partial charge in [-0.2, -0.15) is 0 Å². The summed E-state index contributed by atoms with van der Waals surface area (Å²) in [5, 5.41) is 3.23. The van der Waals surface area contributed by atoms with E-state index in [0.717, 1.165) is 55.8 Å². The molecule has 4 rings (SSSR count). The lowest BCUT2D eigenvalue weighted by molar-refractivity contribution is 0.0151. The molecule has 0 saturated heterocycles. The first-order chi connectivity index (χ1) is 15.1. The Hall–Kier alpha value is -2.73. The highest BCUT2D eigenvalue weighted by atomic mass is 16.5. The Morgan fingerprint density at radius 3 is 2.74 bits per heavy atom. The van der Waals surface area contributed by atoms with Crippen molar-refractivity contribution < 1.29 is 9.53 Å². The fourth-order valence-corrected chi connectivity index (χ4v) is 4.50. The molecular formula is C25H32N4O2. The van der Waals surface area contributed by atoms with Gasteiger partial charge < -0.3 is 14.5 Å². The van der Waals surface area contributed by atoms with Crippen LogP contribution in [0.25, 0.3) is 17.0 Å². The number of carbonyl (C=O) groups is 1. The molecule has 6 nitrogen and oxygen atoms in total. The first-order valence-corrected chi connectivity index (χ1v) is 11.4. The second-order valence-corrected chi connectivity index (χ2v) is 8.59. The molecule has 1 saturated carbocycles. The zero-order chi connectivity index (χ0) is 21.8. The van der Waals surface area contributed by atoms with Gasteiger partial charge in [0.1, 0.15) is 0 Å². The maximum atomic E-state index is 13.1. The predicted octanol–water partition coefficient (Wildman–Crippen LogP) is 4.81. The van der Waals surface area contributed by atoms with E-state index in [9.17, 15) is 4.79 Å². The van der Waals surface area contributed by atoms with Crippen molar-refractivity contribution in [1.29, 1.82) is 0 Å². The molecule has 1 N–H and O–H groups in total.